The number of nitrogens with two attached hydrogens (primary N) is 1. The van der Waals surface area contributed by atoms with Gasteiger partial charge in [-0.25, -0.2) is 0 Å². The first kappa shape index (κ1) is 24.7. The molecule has 2 aliphatic rings. The molecule has 8 heteroatoms. The summed E-state index contributed by atoms with van der Waals surface area (Å²) in [6.45, 7) is 4.03. The third kappa shape index (κ3) is 7.24. The summed E-state index contributed by atoms with van der Waals surface area (Å²) in [7, 11) is 0. The molecule has 2 atom stereocenters. The molecular weight excluding hydrogens is 399 g/mol. The van der Waals surface area contributed by atoms with E-state index in [9.17, 15) is 9.59 Å². The summed E-state index contributed by atoms with van der Waals surface area (Å²) in [6.07, 6.45) is 5.09. The number of hydrogen-bond acceptors (Lipinski definition) is 4. The Balaban J connectivity index is 0.00000196. The number of halogens is 2. The van der Waals surface area contributed by atoms with E-state index in [0.717, 1.165) is 63.8 Å². The van der Waals surface area contributed by atoms with E-state index >= 15 is 0 Å². The lowest BCUT2D eigenvalue weighted by atomic mass is 9.97. The molecule has 2 saturated heterocycles. The highest BCUT2D eigenvalue weighted by atomic mass is 35.5. The van der Waals surface area contributed by atoms with Crippen LogP contribution in [-0.2, 0) is 22.7 Å². The van der Waals surface area contributed by atoms with E-state index < -0.39 is 0 Å². The highest BCUT2D eigenvalue weighted by Gasteiger charge is 2.24. The molecule has 158 valence electrons. The lowest BCUT2D eigenvalue weighted by Crippen LogP contribution is -2.46. The number of primary amides is 1. The fraction of sp³-hybridized carbons (Fsp3) is 0.600. The molecule has 4 N–H and O–H groups in total. The molecule has 0 spiro atoms. The lowest BCUT2D eigenvalue weighted by molar-refractivity contribution is -0.124. The third-order valence-electron chi connectivity index (χ3n) is 5.40. The standard InChI is InChI=1S/C20H30N4O2.2ClH/c21-19(25)17-7-4-10-24(14-17)13-16-6-3-5-15(11-16)12-23-20(26)18-8-1-2-9-22-18;;/h3,5-6,11,17-18,22H,1-2,4,7-10,12-14H2,(H2,21,25)(H,23,26);2*1H/t17?,18-;;/m1../s1. The second-order valence-corrected chi connectivity index (χ2v) is 7.52. The Morgan fingerprint density at radius 1 is 1.14 bits per heavy atom. The van der Waals surface area contributed by atoms with Gasteiger partial charge in [0, 0.05) is 19.6 Å². The van der Waals surface area contributed by atoms with Gasteiger partial charge in [0.15, 0.2) is 0 Å². The lowest BCUT2D eigenvalue weighted by Gasteiger charge is -2.31. The van der Waals surface area contributed by atoms with Crippen LogP contribution < -0.4 is 16.4 Å². The number of nitrogens with zero attached hydrogens (tertiary/aromatic N) is 1. The first-order chi connectivity index (χ1) is 12.6. The average Bonchev–Trinajstić information content (AvgIpc) is 2.67. The minimum Gasteiger partial charge on any atom is -0.369 e. The number of carbonyl (C=O) groups is 2. The maximum atomic E-state index is 12.2. The molecule has 0 radical (unpaired) electrons. The van der Waals surface area contributed by atoms with Crippen molar-refractivity contribution in [3.05, 3.63) is 35.4 Å². The highest BCUT2D eigenvalue weighted by molar-refractivity contribution is 5.85. The van der Waals surface area contributed by atoms with Gasteiger partial charge in [-0.05, 0) is 49.9 Å². The second kappa shape index (κ2) is 12.3. The largest absolute Gasteiger partial charge is 0.369 e. The summed E-state index contributed by atoms with van der Waals surface area (Å²) >= 11 is 0. The summed E-state index contributed by atoms with van der Waals surface area (Å²) < 4.78 is 0. The SMILES string of the molecule is Cl.Cl.NC(=O)C1CCCN(Cc2cccc(CNC(=O)[C@H]3CCCCN3)c2)C1. The number of rotatable bonds is 6. The highest BCUT2D eigenvalue weighted by Crippen LogP contribution is 2.19. The number of benzene rings is 1. The van der Waals surface area contributed by atoms with E-state index in [1.54, 1.807) is 0 Å². The van der Waals surface area contributed by atoms with E-state index in [1.807, 2.05) is 12.1 Å². The number of carbonyl (C=O) groups excluding carboxylic acids is 2. The van der Waals surface area contributed by atoms with Crippen molar-refractivity contribution in [2.45, 2.75) is 51.2 Å². The van der Waals surface area contributed by atoms with E-state index in [1.165, 1.54) is 5.56 Å². The first-order valence-electron chi connectivity index (χ1n) is 9.72. The van der Waals surface area contributed by atoms with Gasteiger partial charge >= 0.3 is 0 Å². The van der Waals surface area contributed by atoms with Crippen molar-refractivity contribution in [1.82, 2.24) is 15.5 Å². The van der Waals surface area contributed by atoms with E-state index in [-0.39, 0.29) is 48.6 Å². The third-order valence-corrected chi connectivity index (χ3v) is 5.40. The summed E-state index contributed by atoms with van der Waals surface area (Å²) in [4.78, 5) is 26.0. The van der Waals surface area contributed by atoms with Crippen LogP contribution in [0.4, 0.5) is 0 Å². The van der Waals surface area contributed by atoms with Gasteiger partial charge in [-0.2, -0.15) is 0 Å². The van der Waals surface area contributed by atoms with E-state index in [0.29, 0.717) is 6.54 Å². The van der Waals surface area contributed by atoms with Crippen LogP contribution in [0.15, 0.2) is 24.3 Å². The Hall–Kier alpha value is -1.34. The van der Waals surface area contributed by atoms with Crippen LogP contribution >= 0.6 is 24.8 Å². The molecule has 2 heterocycles. The summed E-state index contributed by atoms with van der Waals surface area (Å²) in [5.41, 5.74) is 7.78. The Kier molecular flexibility index (Phi) is 10.8. The Labute approximate surface area is 179 Å². The maximum Gasteiger partial charge on any atom is 0.237 e. The predicted octanol–water partition coefficient (Wildman–Crippen LogP) is 1.99. The van der Waals surface area contributed by atoms with Crippen molar-refractivity contribution in [3.63, 3.8) is 0 Å². The fourth-order valence-corrected chi connectivity index (χ4v) is 3.92. The Morgan fingerprint density at radius 3 is 2.64 bits per heavy atom. The molecule has 0 saturated carbocycles. The maximum absolute atomic E-state index is 12.2. The zero-order valence-electron chi connectivity index (χ0n) is 16.2. The summed E-state index contributed by atoms with van der Waals surface area (Å²) in [6, 6.07) is 8.27. The summed E-state index contributed by atoms with van der Waals surface area (Å²) in [5, 5.41) is 6.32. The molecule has 1 unspecified atom stereocenters. The molecule has 0 aromatic heterocycles. The van der Waals surface area contributed by atoms with Crippen LogP contribution in [-0.4, -0.2) is 42.4 Å². The molecular formula is C20H32Cl2N4O2. The normalized spacial score (nSPS) is 22.4. The number of piperidine rings is 2. The van der Waals surface area contributed by atoms with Crippen molar-refractivity contribution in [3.8, 4) is 0 Å². The molecule has 6 nitrogen and oxygen atoms in total. The summed E-state index contributed by atoms with van der Waals surface area (Å²) in [5.74, 6) is -0.132. The smallest absolute Gasteiger partial charge is 0.237 e. The first-order valence-corrected chi connectivity index (χ1v) is 9.72. The van der Waals surface area contributed by atoms with E-state index in [4.69, 9.17) is 5.73 Å². The Bertz CT molecular complexity index is 638. The number of amides is 2. The minimum absolute atomic E-state index is 0. The molecule has 28 heavy (non-hydrogen) atoms. The molecule has 2 amide bonds. The van der Waals surface area contributed by atoms with E-state index in [2.05, 4.69) is 27.7 Å². The van der Waals surface area contributed by atoms with Gasteiger partial charge in [-0.15, -0.1) is 24.8 Å². The topological polar surface area (TPSA) is 87.5 Å². The van der Waals surface area contributed by atoms with Crippen molar-refractivity contribution >= 4 is 36.6 Å². The molecule has 0 bridgehead atoms. The fourth-order valence-electron chi connectivity index (χ4n) is 3.92. The van der Waals surface area contributed by atoms with Crippen LogP contribution in [0.25, 0.3) is 0 Å². The average molecular weight is 431 g/mol. The van der Waals surface area contributed by atoms with Gasteiger partial charge in [-0.3, -0.25) is 14.5 Å². The monoisotopic (exact) mass is 430 g/mol. The van der Waals surface area contributed by atoms with Crippen molar-refractivity contribution < 1.29 is 9.59 Å². The molecule has 1 aromatic carbocycles. The quantitative estimate of drug-likeness (QED) is 0.643. The van der Waals surface area contributed by atoms with Crippen LogP contribution in [0.3, 0.4) is 0 Å². The van der Waals surface area contributed by atoms with Gasteiger partial charge in [0.2, 0.25) is 11.8 Å². The van der Waals surface area contributed by atoms with Crippen molar-refractivity contribution in [2.24, 2.45) is 11.7 Å². The van der Waals surface area contributed by atoms with Gasteiger partial charge in [0.25, 0.3) is 0 Å². The second-order valence-electron chi connectivity index (χ2n) is 7.52. The zero-order valence-corrected chi connectivity index (χ0v) is 17.8. The van der Waals surface area contributed by atoms with Gasteiger partial charge in [0.1, 0.15) is 0 Å². The molecule has 0 aliphatic carbocycles. The predicted molar refractivity (Wildman–Crippen MR) is 116 cm³/mol. The van der Waals surface area contributed by atoms with Crippen LogP contribution in [0, 0.1) is 5.92 Å². The number of hydrogen-bond donors (Lipinski definition) is 3. The minimum atomic E-state index is -0.192. The van der Waals surface area contributed by atoms with Crippen molar-refractivity contribution in [1.29, 1.82) is 0 Å². The van der Waals surface area contributed by atoms with Crippen LogP contribution in [0.1, 0.15) is 43.2 Å². The van der Waals surface area contributed by atoms with Gasteiger partial charge in [0.05, 0.1) is 12.0 Å². The van der Waals surface area contributed by atoms with Gasteiger partial charge < -0.3 is 16.4 Å². The number of likely N-dealkylation sites (tertiary alicyclic amines) is 1. The zero-order chi connectivity index (χ0) is 18.4. The molecule has 2 fully saturated rings. The molecule has 2 aliphatic heterocycles. The van der Waals surface area contributed by atoms with Crippen molar-refractivity contribution in [2.75, 3.05) is 19.6 Å². The van der Waals surface area contributed by atoms with Crippen LogP contribution in [0.5, 0.6) is 0 Å². The number of nitrogens with one attached hydrogen (secondary N) is 2. The molecule has 1 aromatic rings. The van der Waals surface area contributed by atoms with Crippen LogP contribution in [0.2, 0.25) is 0 Å². The Morgan fingerprint density at radius 2 is 1.93 bits per heavy atom. The van der Waals surface area contributed by atoms with Gasteiger partial charge in [-0.1, -0.05) is 30.7 Å². The molecule has 3 rings (SSSR count).